The van der Waals surface area contributed by atoms with Crippen molar-refractivity contribution in [3.8, 4) is 0 Å². The fourth-order valence-electron chi connectivity index (χ4n) is 1.47. The smallest absolute Gasteiger partial charge is 0.243 e. The Bertz CT molecular complexity index is 543. The summed E-state index contributed by atoms with van der Waals surface area (Å²) in [6, 6.07) is 0. The maximum Gasteiger partial charge on any atom is 0.243 e. The molecule has 0 unspecified atom stereocenters. The second-order valence-corrected chi connectivity index (χ2v) is 6.65. The molecule has 2 N–H and O–H groups in total. The quantitative estimate of drug-likeness (QED) is 0.472. The zero-order valence-electron chi connectivity index (χ0n) is 14.0. The van der Waals surface area contributed by atoms with Crippen LogP contribution in [0.5, 0.6) is 0 Å². The van der Waals surface area contributed by atoms with Gasteiger partial charge in [0.1, 0.15) is 11.6 Å². The van der Waals surface area contributed by atoms with Crippen molar-refractivity contribution in [2.24, 2.45) is 4.99 Å². The van der Waals surface area contributed by atoms with Crippen LogP contribution < -0.4 is 10.6 Å². The van der Waals surface area contributed by atoms with Crippen LogP contribution in [0, 0.1) is 13.8 Å². The average molecular weight is 323 g/mol. The third-order valence-corrected chi connectivity index (χ3v) is 3.98. The molecule has 0 aliphatic heterocycles. The fourth-order valence-corrected chi connectivity index (χ4v) is 2.34. The number of amides is 1. The Labute approximate surface area is 136 Å². The van der Waals surface area contributed by atoms with Crippen LogP contribution in [0.15, 0.2) is 17.1 Å². The molecular weight excluding hydrogens is 298 g/mol. The standard InChI is InChI=1S/C15H25N5OS/c1-10(2)7-16-15(18-9-14(21)20(5)6)17-8-13-19-11(3)12(4)22-13/h1,7-9H2,2-6H3,(H2,16,17,18). The number of likely N-dealkylation sites (N-methyl/N-ethyl adjacent to an activating group) is 1. The zero-order chi connectivity index (χ0) is 16.7. The number of hydrogen-bond donors (Lipinski definition) is 2. The molecule has 1 aromatic heterocycles. The lowest BCUT2D eigenvalue weighted by Crippen LogP contribution is -2.38. The Kier molecular flexibility index (Phi) is 7.04. The van der Waals surface area contributed by atoms with E-state index in [0.717, 1.165) is 16.3 Å². The molecule has 0 fully saturated rings. The van der Waals surface area contributed by atoms with Gasteiger partial charge in [0, 0.05) is 25.5 Å². The first-order valence-corrected chi connectivity index (χ1v) is 7.91. The van der Waals surface area contributed by atoms with E-state index in [4.69, 9.17) is 0 Å². The van der Waals surface area contributed by atoms with Gasteiger partial charge in [-0.3, -0.25) is 4.79 Å². The van der Waals surface area contributed by atoms with Crippen molar-refractivity contribution < 1.29 is 4.79 Å². The van der Waals surface area contributed by atoms with E-state index in [1.807, 2.05) is 13.8 Å². The lowest BCUT2D eigenvalue weighted by Gasteiger charge is -2.13. The van der Waals surface area contributed by atoms with Crippen molar-refractivity contribution in [3.05, 3.63) is 27.7 Å². The van der Waals surface area contributed by atoms with E-state index in [1.165, 1.54) is 9.78 Å². The Morgan fingerprint density at radius 3 is 2.55 bits per heavy atom. The predicted molar refractivity (Wildman–Crippen MR) is 92.2 cm³/mol. The van der Waals surface area contributed by atoms with Gasteiger partial charge in [0.2, 0.25) is 5.91 Å². The highest BCUT2D eigenvalue weighted by Gasteiger charge is 2.07. The van der Waals surface area contributed by atoms with E-state index >= 15 is 0 Å². The van der Waals surface area contributed by atoms with Gasteiger partial charge in [-0.2, -0.15) is 0 Å². The summed E-state index contributed by atoms with van der Waals surface area (Å²) in [5, 5.41) is 7.35. The van der Waals surface area contributed by atoms with Crippen LogP contribution in [0.3, 0.4) is 0 Å². The molecule has 7 heteroatoms. The lowest BCUT2D eigenvalue weighted by molar-refractivity contribution is -0.127. The average Bonchev–Trinajstić information content (AvgIpc) is 2.76. The normalized spacial score (nSPS) is 11.2. The number of hydrogen-bond acceptors (Lipinski definition) is 4. The van der Waals surface area contributed by atoms with E-state index in [0.29, 0.717) is 19.0 Å². The molecule has 1 aromatic rings. The number of nitrogens with zero attached hydrogens (tertiary/aromatic N) is 3. The largest absolute Gasteiger partial charge is 0.353 e. The van der Waals surface area contributed by atoms with Crippen molar-refractivity contribution in [3.63, 3.8) is 0 Å². The molecule has 1 heterocycles. The maximum absolute atomic E-state index is 11.6. The van der Waals surface area contributed by atoms with Gasteiger partial charge in [-0.05, 0) is 20.8 Å². The van der Waals surface area contributed by atoms with Crippen LogP contribution in [0.2, 0.25) is 0 Å². The molecule has 0 saturated heterocycles. The second-order valence-electron chi connectivity index (χ2n) is 5.37. The molecular formula is C15H25N5OS. The fraction of sp³-hybridized carbons (Fsp3) is 0.533. The van der Waals surface area contributed by atoms with Crippen LogP contribution in [0.4, 0.5) is 0 Å². The summed E-state index contributed by atoms with van der Waals surface area (Å²) >= 11 is 1.66. The minimum Gasteiger partial charge on any atom is -0.353 e. The van der Waals surface area contributed by atoms with E-state index in [-0.39, 0.29) is 12.5 Å². The van der Waals surface area contributed by atoms with Crippen molar-refractivity contribution in [1.82, 2.24) is 20.5 Å². The van der Waals surface area contributed by atoms with Crippen molar-refractivity contribution in [2.45, 2.75) is 27.3 Å². The van der Waals surface area contributed by atoms with Gasteiger partial charge in [0.05, 0.1) is 12.2 Å². The zero-order valence-corrected chi connectivity index (χ0v) is 14.8. The van der Waals surface area contributed by atoms with Crippen LogP contribution in [0.25, 0.3) is 0 Å². The van der Waals surface area contributed by atoms with E-state index in [9.17, 15) is 4.79 Å². The van der Waals surface area contributed by atoms with Gasteiger partial charge in [0.25, 0.3) is 0 Å². The molecule has 0 atom stereocenters. The minimum atomic E-state index is -0.0441. The first-order valence-electron chi connectivity index (χ1n) is 7.09. The Balaban J connectivity index is 2.66. The van der Waals surface area contributed by atoms with Gasteiger partial charge >= 0.3 is 0 Å². The summed E-state index contributed by atoms with van der Waals surface area (Å²) in [7, 11) is 3.43. The molecule has 0 spiro atoms. The van der Waals surface area contributed by atoms with E-state index in [1.54, 1.807) is 25.4 Å². The van der Waals surface area contributed by atoms with Crippen molar-refractivity contribution in [1.29, 1.82) is 0 Å². The number of carbonyl (C=O) groups is 1. The van der Waals surface area contributed by atoms with Crippen LogP contribution in [-0.2, 0) is 11.3 Å². The first-order chi connectivity index (χ1) is 10.3. The summed E-state index contributed by atoms with van der Waals surface area (Å²) in [5.74, 6) is 0.543. The van der Waals surface area contributed by atoms with Crippen LogP contribution >= 0.6 is 11.3 Å². The summed E-state index contributed by atoms with van der Waals surface area (Å²) in [5.41, 5.74) is 2.05. The topological polar surface area (TPSA) is 69.6 Å². The van der Waals surface area contributed by atoms with Gasteiger partial charge in [-0.15, -0.1) is 11.3 Å². The number of aryl methyl sites for hydroxylation is 2. The minimum absolute atomic E-state index is 0.0441. The molecule has 22 heavy (non-hydrogen) atoms. The molecule has 122 valence electrons. The molecule has 0 aliphatic carbocycles. The lowest BCUT2D eigenvalue weighted by atomic mass is 10.3. The third-order valence-electron chi connectivity index (χ3n) is 2.91. The summed E-state index contributed by atoms with van der Waals surface area (Å²) in [6.07, 6.45) is 0. The van der Waals surface area contributed by atoms with Crippen LogP contribution in [-0.4, -0.2) is 48.9 Å². The molecule has 0 aliphatic rings. The third kappa shape index (κ3) is 6.26. The van der Waals surface area contributed by atoms with Gasteiger partial charge in [-0.1, -0.05) is 12.2 Å². The monoisotopic (exact) mass is 323 g/mol. The molecule has 0 bridgehead atoms. The number of rotatable bonds is 6. The number of aromatic nitrogens is 1. The number of guanidine groups is 1. The number of carbonyl (C=O) groups excluding carboxylic acids is 1. The van der Waals surface area contributed by atoms with Crippen molar-refractivity contribution >= 4 is 23.2 Å². The Hall–Kier alpha value is -1.89. The second kappa shape index (κ2) is 8.53. The van der Waals surface area contributed by atoms with E-state index in [2.05, 4.69) is 34.1 Å². The summed E-state index contributed by atoms with van der Waals surface area (Å²) < 4.78 is 0. The Morgan fingerprint density at radius 1 is 1.36 bits per heavy atom. The molecule has 6 nitrogen and oxygen atoms in total. The SMILES string of the molecule is C=C(C)CNC(=NCC(=O)N(C)C)NCc1nc(C)c(C)s1. The predicted octanol–water partition coefficient (Wildman–Crippen LogP) is 1.46. The molecule has 0 saturated carbocycles. The highest BCUT2D eigenvalue weighted by atomic mass is 32.1. The number of aliphatic imine (C=N–C) groups is 1. The van der Waals surface area contributed by atoms with Gasteiger partial charge in [-0.25, -0.2) is 9.98 Å². The highest BCUT2D eigenvalue weighted by Crippen LogP contribution is 2.15. The highest BCUT2D eigenvalue weighted by molar-refractivity contribution is 7.11. The maximum atomic E-state index is 11.6. The molecule has 0 aromatic carbocycles. The van der Waals surface area contributed by atoms with Crippen molar-refractivity contribution in [2.75, 3.05) is 27.2 Å². The molecule has 1 rings (SSSR count). The van der Waals surface area contributed by atoms with Crippen LogP contribution in [0.1, 0.15) is 22.5 Å². The molecule has 1 amide bonds. The number of nitrogens with one attached hydrogen (secondary N) is 2. The molecule has 0 radical (unpaired) electrons. The summed E-state index contributed by atoms with van der Waals surface area (Å²) in [6.45, 7) is 11.1. The van der Waals surface area contributed by atoms with Gasteiger partial charge in [0.15, 0.2) is 5.96 Å². The number of thiazole rings is 1. The van der Waals surface area contributed by atoms with Gasteiger partial charge < -0.3 is 15.5 Å². The van der Waals surface area contributed by atoms with E-state index < -0.39 is 0 Å². The Morgan fingerprint density at radius 2 is 2.05 bits per heavy atom. The first kappa shape index (κ1) is 18.2. The summed E-state index contributed by atoms with van der Waals surface area (Å²) in [4.78, 5) is 23.2.